The van der Waals surface area contributed by atoms with E-state index in [0.717, 1.165) is 11.4 Å². The molecular formula is C20H27N2O3+. The highest BCUT2D eigenvalue weighted by molar-refractivity contribution is 5.91. The van der Waals surface area contributed by atoms with E-state index >= 15 is 0 Å². The molecule has 5 heteroatoms. The minimum Gasteiger partial charge on any atom is -0.490 e. The lowest BCUT2D eigenvalue weighted by atomic mass is 10.2. The molecule has 2 aromatic rings. The normalized spacial score (nSPS) is 11.6. The number of ether oxygens (including phenoxy) is 2. The van der Waals surface area contributed by atoms with Gasteiger partial charge in [0, 0.05) is 17.3 Å². The van der Waals surface area contributed by atoms with Crippen molar-refractivity contribution in [2.24, 2.45) is 0 Å². The molecule has 0 aliphatic carbocycles. The fourth-order valence-electron chi connectivity index (χ4n) is 2.61. The van der Waals surface area contributed by atoms with Crippen LogP contribution in [0, 0.1) is 0 Å². The number of hydrogen-bond donors (Lipinski definition) is 2. The van der Waals surface area contributed by atoms with Crippen molar-refractivity contribution >= 4 is 11.6 Å². The van der Waals surface area contributed by atoms with Gasteiger partial charge in [-0.3, -0.25) is 4.79 Å². The fourth-order valence-corrected chi connectivity index (χ4v) is 2.61. The predicted octanol–water partition coefficient (Wildman–Crippen LogP) is 2.14. The van der Waals surface area contributed by atoms with Crippen LogP contribution in [0.1, 0.15) is 19.4 Å². The first-order valence-corrected chi connectivity index (χ1v) is 8.67. The summed E-state index contributed by atoms with van der Waals surface area (Å²) in [6.07, 6.45) is 0. The van der Waals surface area contributed by atoms with Crippen LogP contribution in [0.15, 0.2) is 48.5 Å². The Morgan fingerprint density at radius 3 is 2.36 bits per heavy atom. The van der Waals surface area contributed by atoms with Gasteiger partial charge in [-0.05, 0) is 26.0 Å². The lowest BCUT2D eigenvalue weighted by Crippen LogP contribution is -3.08. The fraction of sp³-hybridized carbons (Fsp3) is 0.350. The van der Waals surface area contributed by atoms with E-state index in [1.807, 2.05) is 51.2 Å². The van der Waals surface area contributed by atoms with Crippen LogP contribution in [0.3, 0.4) is 0 Å². The predicted molar refractivity (Wildman–Crippen MR) is 99.3 cm³/mol. The second kappa shape index (κ2) is 9.69. The minimum atomic E-state index is -0.0277. The van der Waals surface area contributed by atoms with Crippen LogP contribution in [0.2, 0.25) is 0 Å². The number of amides is 1. The summed E-state index contributed by atoms with van der Waals surface area (Å²) in [4.78, 5) is 13.4. The Bertz CT molecular complexity index is 674. The van der Waals surface area contributed by atoms with Crippen molar-refractivity contribution in [1.29, 1.82) is 0 Å². The molecule has 1 amide bonds. The quantitative estimate of drug-likeness (QED) is 0.733. The van der Waals surface area contributed by atoms with Gasteiger partial charge in [0.25, 0.3) is 5.91 Å². The van der Waals surface area contributed by atoms with E-state index in [1.165, 1.54) is 5.56 Å². The van der Waals surface area contributed by atoms with Gasteiger partial charge in [-0.1, -0.05) is 30.3 Å². The van der Waals surface area contributed by atoms with Crippen LogP contribution >= 0.6 is 0 Å². The zero-order valence-electron chi connectivity index (χ0n) is 15.2. The maximum atomic E-state index is 12.3. The number of quaternary nitrogens is 1. The van der Waals surface area contributed by atoms with Crippen molar-refractivity contribution in [1.82, 2.24) is 0 Å². The summed E-state index contributed by atoms with van der Waals surface area (Å²) < 4.78 is 11.1. The van der Waals surface area contributed by atoms with Crippen molar-refractivity contribution < 1.29 is 19.2 Å². The maximum absolute atomic E-state index is 12.3. The van der Waals surface area contributed by atoms with Crippen molar-refractivity contribution in [2.75, 3.05) is 32.1 Å². The topological polar surface area (TPSA) is 52.0 Å². The van der Waals surface area contributed by atoms with E-state index in [9.17, 15) is 4.79 Å². The molecule has 0 aliphatic heterocycles. The zero-order chi connectivity index (χ0) is 18.1. The number of carbonyl (C=O) groups excluding carboxylic acids is 1. The van der Waals surface area contributed by atoms with E-state index in [2.05, 4.69) is 17.4 Å². The Morgan fingerprint density at radius 1 is 1.00 bits per heavy atom. The lowest BCUT2D eigenvalue weighted by molar-refractivity contribution is -0.885. The SMILES string of the molecule is CCOc1ccc(NC(=O)C[NH+](C)Cc2ccccc2)cc1OCC. The van der Waals surface area contributed by atoms with Gasteiger partial charge in [0.1, 0.15) is 6.54 Å². The molecule has 0 aromatic heterocycles. The van der Waals surface area contributed by atoms with E-state index in [1.54, 1.807) is 6.07 Å². The molecule has 0 bridgehead atoms. The van der Waals surface area contributed by atoms with Gasteiger partial charge < -0.3 is 19.7 Å². The van der Waals surface area contributed by atoms with Gasteiger partial charge >= 0.3 is 0 Å². The van der Waals surface area contributed by atoms with Gasteiger partial charge in [0.15, 0.2) is 18.0 Å². The first-order valence-electron chi connectivity index (χ1n) is 8.67. The monoisotopic (exact) mass is 343 g/mol. The van der Waals surface area contributed by atoms with Crippen LogP contribution < -0.4 is 19.7 Å². The van der Waals surface area contributed by atoms with E-state index in [0.29, 0.717) is 36.9 Å². The third kappa shape index (κ3) is 6.12. The molecule has 0 radical (unpaired) electrons. The summed E-state index contributed by atoms with van der Waals surface area (Å²) in [5.74, 6) is 1.31. The molecule has 5 nitrogen and oxygen atoms in total. The van der Waals surface area contributed by atoms with Gasteiger partial charge in [0.2, 0.25) is 0 Å². The van der Waals surface area contributed by atoms with E-state index in [4.69, 9.17) is 9.47 Å². The molecule has 2 aromatic carbocycles. The van der Waals surface area contributed by atoms with Crippen LogP contribution in [-0.4, -0.2) is 32.7 Å². The number of likely N-dealkylation sites (N-methyl/N-ethyl adjacent to an activating group) is 1. The molecular weight excluding hydrogens is 316 g/mol. The number of carbonyl (C=O) groups is 1. The Morgan fingerprint density at radius 2 is 1.68 bits per heavy atom. The van der Waals surface area contributed by atoms with Gasteiger partial charge in [0.05, 0.1) is 20.3 Å². The van der Waals surface area contributed by atoms with Gasteiger partial charge in [-0.15, -0.1) is 0 Å². The highest BCUT2D eigenvalue weighted by Crippen LogP contribution is 2.30. The number of anilines is 1. The van der Waals surface area contributed by atoms with Crippen molar-refractivity contribution in [2.45, 2.75) is 20.4 Å². The second-order valence-corrected chi connectivity index (χ2v) is 5.87. The Balaban J connectivity index is 1.94. The Kier molecular flexibility index (Phi) is 7.29. The van der Waals surface area contributed by atoms with Gasteiger partial charge in [-0.2, -0.15) is 0 Å². The zero-order valence-corrected chi connectivity index (χ0v) is 15.2. The highest BCUT2D eigenvalue weighted by atomic mass is 16.5. The standard InChI is InChI=1S/C20H26N2O3/c1-4-24-18-12-11-17(13-19(18)25-5-2)21-20(23)15-22(3)14-16-9-7-6-8-10-16/h6-13H,4-5,14-15H2,1-3H3,(H,21,23)/p+1. The van der Waals surface area contributed by atoms with Crippen LogP contribution in [0.4, 0.5) is 5.69 Å². The smallest absolute Gasteiger partial charge is 0.279 e. The number of rotatable bonds is 9. The molecule has 0 aliphatic rings. The van der Waals surface area contributed by atoms with Crippen molar-refractivity contribution in [3.63, 3.8) is 0 Å². The average Bonchev–Trinajstić information content (AvgIpc) is 2.58. The third-order valence-electron chi connectivity index (χ3n) is 3.64. The molecule has 0 spiro atoms. The molecule has 134 valence electrons. The summed E-state index contributed by atoms with van der Waals surface area (Å²) in [7, 11) is 2.01. The molecule has 0 saturated heterocycles. The number of hydrogen-bond acceptors (Lipinski definition) is 3. The molecule has 1 unspecified atom stereocenters. The maximum Gasteiger partial charge on any atom is 0.279 e. The summed E-state index contributed by atoms with van der Waals surface area (Å²) in [5, 5.41) is 2.93. The van der Waals surface area contributed by atoms with E-state index < -0.39 is 0 Å². The summed E-state index contributed by atoms with van der Waals surface area (Å²) in [6, 6.07) is 15.6. The van der Waals surface area contributed by atoms with Crippen molar-refractivity contribution in [3.8, 4) is 11.5 Å². The molecule has 0 fully saturated rings. The third-order valence-corrected chi connectivity index (χ3v) is 3.64. The molecule has 2 rings (SSSR count). The summed E-state index contributed by atoms with van der Waals surface area (Å²) >= 11 is 0. The average molecular weight is 343 g/mol. The van der Waals surface area contributed by atoms with Crippen LogP contribution in [0.25, 0.3) is 0 Å². The van der Waals surface area contributed by atoms with Crippen LogP contribution in [-0.2, 0) is 11.3 Å². The number of nitrogens with one attached hydrogen (secondary N) is 2. The Labute approximate surface area is 149 Å². The summed E-state index contributed by atoms with van der Waals surface area (Å²) in [6.45, 7) is 6.16. The largest absolute Gasteiger partial charge is 0.490 e. The first kappa shape index (κ1) is 18.8. The molecule has 1 atom stereocenters. The molecule has 25 heavy (non-hydrogen) atoms. The summed E-state index contributed by atoms with van der Waals surface area (Å²) in [5.41, 5.74) is 1.93. The molecule has 2 N–H and O–H groups in total. The lowest BCUT2D eigenvalue weighted by Gasteiger charge is -2.15. The van der Waals surface area contributed by atoms with Gasteiger partial charge in [-0.25, -0.2) is 0 Å². The minimum absolute atomic E-state index is 0.0277. The number of benzene rings is 2. The Hall–Kier alpha value is -2.53. The molecule has 0 saturated carbocycles. The van der Waals surface area contributed by atoms with Crippen LogP contribution in [0.5, 0.6) is 11.5 Å². The van der Waals surface area contributed by atoms with E-state index in [-0.39, 0.29) is 5.91 Å². The second-order valence-electron chi connectivity index (χ2n) is 5.87. The molecule has 0 heterocycles. The van der Waals surface area contributed by atoms with Crippen molar-refractivity contribution in [3.05, 3.63) is 54.1 Å². The highest BCUT2D eigenvalue weighted by Gasteiger charge is 2.12. The first-order chi connectivity index (χ1) is 12.1.